The van der Waals surface area contributed by atoms with Crippen molar-refractivity contribution >= 4 is 16.7 Å². The zero-order valence-electron chi connectivity index (χ0n) is 12.0. The summed E-state index contributed by atoms with van der Waals surface area (Å²) in [6.07, 6.45) is 2.00. The third kappa shape index (κ3) is 3.41. The Bertz CT molecular complexity index is 684. The second-order valence-electron chi connectivity index (χ2n) is 5.18. The van der Waals surface area contributed by atoms with Crippen LogP contribution in [0.3, 0.4) is 0 Å². The van der Waals surface area contributed by atoms with Crippen LogP contribution in [0.2, 0.25) is 0 Å². The van der Waals surface area contributed by atoms with E-state index >= 15 is 0 Å². The first-order chi connectivity index (χ1) is 10.3. The van der Waals surface area contributed by atoms with Crippen molar-refractivity contribution in [2.24, 2.45) is 0 Å². The van der Waals surface area contributed by atoms with Gasteiger partial charge in [0.25, 0.3) is 0 Å². The summed E-state index contributed by atoms with van der Waals surface area (Å²) in [6.45, 7) is 1.76. The van der Waals surface area contributed by atoms with E-state index in [0.717, 1.165) is 54.0 Å². The van der Waals surface area contributed by atoms with E-state index in [-0.39, 0.29) is 0 Å². The maximum Gasteiger partial charge on any atom is 0.107 e. The quantitative estimate of drug-likeness (QED) is 0.480. The Morgan fingerprint density at radius 2 is 1.86 bits per heavy atom. The van der Waals surface area contributed by atoms with Crippen molar-refractivity contribution in [2.75, 3.05) is 12.3 Å². The maximum atomic E-state index is 5.91. The normalized spacial score (nSPS) is 11.0. The Kier molecular flexibility index (Phi) is 4.17. The van der Waals surface area contributed by atoms with Gasteiger partial charge in [-0.15, -0.1) is 0 Å². The minimum Gasteiger partial charge on any atom is -0.398 e. The number of rotatable bonds is 6. The maximum absolute atomic E-state index is 5.91. The molecule has 4 heteroatoms. The number of H-pyrrole nitrogens is 1. The predicted octanol–water partition coefficient (Wildman–Crippen LogP) is 2.87. The van der Waals surface area contributed by atoms with Gasteiger partial charge in [0.1, 0.15) is 5.82 Å². The number of anilines is 1. The van der Waals surface area contributed by atoms with E-state index < -0.39 is 0 Å². The molecule has 0 radical (unpaired) electrons. The Balaban J connectivity index is 1.45. The van der Waals surface area contributed by atoms with E-state index in [2.05, 4.69) is 27.4 Å². The van der Waals surface area contributed by atoms with Crippen molar-refractivity contribution in [3.8, 4) is 0 Å². The lowest BCUT2D eigenvalue weighted by Gasteiger charge is -2.06. The number of nitrogens with zero attached hydrogens (tertiary/aromatic N) is 1. The van der Waals surface area contributed by atoms with Crippen LogP contribution < -0.4 is 11.1 Å². The molecule has 0 saturated carbocycles. The first-order valence-electron chi connectivity index (χ1n) is 7.30. The van der Waals surface area contributed by atoms with Crippen LogP contribution in [0.1, 0.15) is 17.8 Å². The molecule has 0 amide bonds. The van der Waals surface area contributed by atoms with Gasteiger partial charge in [-0.3, -0.25) is 0 Å². The highest BCUT2D eigenvalue weighted by molar-refractivity contribution is 5.74. The zero-order chi connectivity index (χ0) is 14.5. The van der Waals surface area contributed by atoms with E-state index in [1.807, 2.05) is 36.4 Å². The number of hydrogen-bond acceptors (Lipinski definition) is 3. The molecule has 3 rings (SSSR count). The van der Waals surface area contributed by atoms with E-state index in [4.69, 9.17) is 5.73 Å². The van der Waals surface area contributed by atoms with Crippen molar-refractivity contribution in [1.82, 2.24) is 15.3 Å². The molecule has 2 aromatic carbocycles. The van der Waals surface area contributed by atoms with Gasteiger partial charge in [-0.25, -0.2) is 4.98 Å². The van der Waals surface area contributed by atoms with Gasteiger partial charge in [-0.1, -0.05) is 30.3 Å². The highest BCUT2D eigenvalue weighted by Gasteiger charge is 2.02. The van der Waals surface area contributed by atoms with Crippen molar-refractivity contribution < 1.29 is 0 Å². The van der Waals surface area contributed by atoms with Gasteiger partial charge in [-0.05, 0) is 36.7 Å². The first kappa shape index (κ1) is 13.6. The van der Waals surface area contributed by atoms with Crippen LogP contribution in [0, 0.1) is 0 Å². The van der Waals surface area contributed by atoms with E-state index in [9.17, 15) is 0 Å². The van der Waals surface area contributed by atoms with Gasteiger partial charge in [-0.2, -0.15) is 0 Å². The molecule has 3 aromatic rings. The van der Waals surface area contributed by atoms with E-state index in [1.54, 1.807) is 0 Å². The number of fused-ring (bicyclic) bond motifs is 1. The number of nitrogens with two attached hydrogens (primary N) is 1. The number of nitrogen functional groups attached to an aromatic ring is 1. The van der Waals surface area contributed by atoms with E-state index in [1.165, 1.54) is 0 Å². The fourth-order valence-electron chi connectivity index (χ4n) is 2.42. The Labute approximate surface area is 124 Å². The van der Waals surface area contributed by atoms with Crippen LogP contribution in [-0.2, 0) is 13.0 Å². The van der Waals surface area contributed by atoms with Crippen LogP contribution in [-0.4, -0.2) is 16.5 Å². The molecule has 1 aromatic heterocycles. The number of para-hydroxylation sites is 3. The third-order valence-corrected chi connectivity index (χ3v) is 3.58. The molecule has 1 heterocycles. The SMILES string of the molecule is Nc1ccccc1CNCCCc1nc2ccccc2[nH]1. The summed E-state index contributed by atoms with van der Waals surface area (Å²) >= 11 is 0. The molecule has 0 aliphatic heterocycles. The van der Waals surface area contributed by atoms with Gasteiger partial charge in [0.2, 0.25) is 0 Å². The summed E-state index contributed by atoms with van der Waals surface area (Å²) in [5.41, 5.74) is 10.1. The Morgan fingerprint density at radius 3 is 2.71 bits per heavy atom. The average Bonchev–Trinajstić information content (AvgIpc) is 2.91. The molecule has 0 spiro atoms. The predicted molar refractivity (Wildman–Crippen MR) is 87.0 cm³/mol. The van der Waals surface area contributed by atoms with Gasteiger partial charge in [0.15, 0.2) is 0 Å². The van der Waals surface area contributed by atoms with Crippen LogP contribution in [0.15, 0.2) is 48.5 Å². The fraction of sp³-hybridized carbons (Fsp3) is 0.235. The second-order valence-corrected chi connectivity index (χ2v) is 5.18. The Morgan fingerprint density at radius 1 is 1.05 bits per heavy atom. The zero-order valence-corrected chi connectivity index (χ0v) is 12.0. The van der Waals surface area contributed by atoms with E-state index in [0.29, 0.717) is 0 Å². The summed E-state index contributed by atoms with van der Waals surface area (Å²) in [7, 11) is 0. The lowest BCUT2D eigenvalue weighted by atomic mass is 10.2. The van der Waals surface area contributed by atoms with Crippen LogP contribution in [0.25, 0.3) is 11.0 Å². The minimum atomic E-state index is 0.812. The number of aromatic nitrogens is 2. The second kappa shape index (κ2) is 6.41. The highest BCUT2D eigenvalue weighted by Crippen LogP contribution is 2.12. The number of hydrogen-bond donors (Lipinski definition) is 3. The molecule has 0 aliphatic carbocycles. The van der Waals surface area contributed by atoms with Gasteiger partial charge in [0, 0.05) is 18.7 Å². The molecule has 4 N–H and O–H groups in total. The molecule has 0 atom stereocenters. The third-order valence-electron chi connectivity index (χ3n) is 3.58. The number of nitrogens with one attached hydrogen (secondary N) is 2. The number of imidazole rings is 1. The molecular formula is C17H20N4. The molecule has 0 unspecified atom stereocenters. The average molecular weight is 280 g/mol. The first-order valence-corrected chi connectivity index (χ1v) is 7.30. The van der Waals surface area contributed by atoms with Crippen molar-refractivity contribution in [1.29, 1.82) is 0 Å². The van der Waals surface area contributed by atoms with Crippen molar-refractivity contribution in [3.63, 3.8) is 0 Å². The van der Waals surface area contributed by atoms with Gasteiger partial charge < -0.3 is 16.0 Å². The Hall–Kier alpha value is -2.33. The monoisotopic (exact) mass is 280 g/mol. The molecule has 0 bridgehead atoms. The molecule has 0 aliphatic rings. The van der Waals surface area contributed by atoms with Crippen LogP contribution in [0.5, 0.6) is 0 Å². The molecule has 108 valence electrons. The highest BCUT2D eigenvalue weighted by atomic mass is 14.9. The lowest BCUT2D eigenvalue weighted by molar-refractivity contribution is 0.642. The molecule has 0 fully saturated rings. The lowest BCUT2D eigenvalue weighted by Crippen LogP contribution is -2.16. The van der Waals surface area contributed by atoms with Crippen LogP contribution in [0.4, 0.5) is 5.69 Å². The van der Waals surface area contributed by atoms with Gasteiger partial charge in [0.05, 0.1) is 11.0 Å². The number of aromatic amines is 1. The molecule has 4 nitrogen and oxygen atoms in total. The summed E-state index contributed by atoms with van der Waals surface area (Å²) < 4.78 is 0. The number of aryl methyl sites for hydroxylation is 1. The molecule has 0 saturated heterocycles. The topological polar surface area (TPSA) is 66.7 Å². The largest absolute Gasteiger partial charge is 0.398 e. The number of benzene rings is 2. The van der Waals surface area contributed by atoms with Gasteiger partial charge >= 0.3 is 0 Å². The smallest absolute Gasteiger partial charge is 0.107 e. The summed E-state index contributed by atoms with van der Waals surface area (Å²) in [5, 5.41) is 3.42. The van der Waals surface area contributed by atoms with Crippen LogP contribution >= 0.6 is 0 Å². The summed E-state index contributed by atoms with van der Waals surface area (Å²) in [4.78, 5) is 7.93. The standard InChI is InChI=1S/C17H20N4/c18-14-7-2-1-6-13(14)12-19-11-5-10-17-20-15-8-3-4-9-16(15)21-17/h1-4,6-9,19H,5,10-12,18H2,(H,20,21). The summed E-state index contributed by atoms with van der Waals surface area (Å²) in [5.74, 6) is 1.05. The minimum absolute atomic E-state index is 0.812. The molecule has 21 heavy (non-hydrogen) atoms. The molecular weight excluding hydrogens is 260 g/mol. The van der Waals surface area contributed by atoms with Crippen molar-refractivity contribution in [2.45, 2.75) is 19.4 Å². The fourth-order valence-corrected chi connectivity index (χ4v) is 2.42. The summed E-state index contributed by atoms with van der Waals surface area (Å²) in [6, 6.07) is 16.1. The van der Waals surface area contributed by atoms with Crippen molar-refractivity contribution in [3.05, 3.63) is 59.9 Å².